The van der Waals surface area contributed by atoms with E-state index >= 15 is 0 Å². The molecule has 0 radical (unpaired) electrons. The SMILES string of the molecule is CCCCC(CCC)P(CCC)C(CCC)CCCC. The normalized spacial score (nSPS) is 16.1. The van der Waals surface area contributed by atoms with Crippen LogP contribution in [0.2, 0.25) is 0 Å². The minimum Gasteiger partial charge on any atom is -0.100 e. The van der Waals surface area contributed by atoms with Crippen LogP contribution >= 0.6 is 7.92 Å². The van der Waals surface area contributed by atoms with Crippen molar-refractivity contribution >= 4 is 7.92 Å². The first-order valence-electron chi connectivity index (χ1n) is 9.50. The minimum atomic E-state index is 0.277. The van der Waals surface area contributed by atoms with E-state index in [1.807, 2.05) is 0 Å². The Morgan fingerprint density at radius 3 is 1.30 bits per heavy atom. The van der Waals surface area contributed by atoms with Gasteiger partial charge >= 0.3 is 0 Å². The van der Waals surface area contributed by atoms with Crippen LogP contribution in [-0.2, 0) is 0 Å². The molecule has 0 aliphatic heterocycles. The molecule has 0 aliphatic carbocycles. The van der Waals surface area contributed by atoms with Gasteiger partial charge in [0, 0.05) is 0 Å². The lowest BCUT2D eigenvalue weighted by atomic mass is 10.1. The molecule has 2 atom stereocenters. The summed E-state index contributed by atoms with van der Waals surface area (Å²) in [5.41, 5.74) is 2.15. The van der Waals surface area contributed by atoms with Gasteiger partial charge in [-0.15, -0.1) is 7.92 Å². The summed E-state index contributed by atoms with van der Waals surface area (Å²) in [4.78, 5) is 0. The highest BCUT2D eigenvalue weighted by Crippen LogP contribution is 2.53. The topological polar surface area (TPSA) is 0 Å². The third-order valence-corrected chi connectivity index (χ3v) is 8.32. The van der Waals surface area contributed by atoms with E-state index < -0.39 is 0 Å². The Kier molecular flexibility index (Phi) is 14.7. The predicted molar refractivity (Wildman–Crippen MR) is 98.5 cm³/mol. The van der Waals surface area contributed by atoms with Gasteiger partial charge in [-0.1, -0.05) is 79.6 Å². The van der Waals surface area contributed by atoms with Crippen LogP contribution < -0.4 is 0 Å². The maximum Gasteiger partial charge on any atom is -0.0207 e. The molecule has 0 amide bonds. The molecule has 0 rings (SSSR count). The molecule has 0 saturated heterocycles. The number of hydrogen-bond acceptors (Lipinski definition) is 0. The van der Waals surface area contributed by atoms with Gasteiger partial charge in [0.1, 0.15) is 0 Å². The van der Waals surface area contributed by atoms with Crippen LogP contribution in [-0.4, -0.2) is 17.5 Å². The molecule has 122 valence electrons. The average molecular weight is 301 g/mol. The fourth-order valence-electron chi connectivity index (χ4n) is 3.42. The third-order valence-electron chi connectivity index (χ3n) is 4.45. The van der Waals surface area contributed by atoms with E-state index in [0.29, 0.717) is 0 Å². The summed E-state index contributed by atoms with van der Waals surface area (Å²) in [6.07, 6.45) is 17.4. The van der Waals surface area contributed by atoms with Gasteiger partial charge in [-0.05, 0) is 43.2 Å². The zero-order chi connectivity index (χ0) is 15.2. The molecule has 0 spiro atoms. The summed E-state index contributed by atoms with van der Waals surface area (Å²) in [5, 5.41) is 0. The predicted octanol–water partition coefficient (Wildman–Crippen LogP) is 7.60. The zero-order valence-corrected chi connectivity index (χ0v) is 16.0. The Hall–Kier alpha value is 0.430. The highest BCUT2D eigenvalue weighted by atomic mass is 31.1. The highest BCUT2D eigenvalue weighted by Gasteiger charge is 2.26. The van der Waals surface area contributed by atoms with Crippen molar-refractivity contribution in [2.24, 2.45) is 0 Å². The molecular formula is C19H41P. The molecule has 1 heteroatoms. The Labute approximate surface area is 131 Å². The smallest absolute Gasteiger partial charge is 0.0207 e. The van der Waals surface area contributed by atoms with Crippen molar-refractivity contribution in [2.75, 3.05) is 6.16 Å². The van der Waals surface area contributed by atoms with E-state index in [4.69, 9.17) is 0 Å². The fraction of sp³-hybridized carbons (Fsp3) is 1.00. The van der Waals surface area contributed by atoms with E-state index in [2.05, 4.69) is 34.6 Å². The molecule has 2 unspecified atom stereocenters. The lowest BCUT2D eigenvalue weighted by Gasteiger charge is -2.35. The Morgan fingerprint density at radius 2 is 1.00 bits per heavy atom. The molecule has 0 fully saturated rings. The van der Waals surface area contributed by atoms with Gasteiger partial charge in [-0.2, -0.15) is 0 Å². The van der Waals surface area contributed by atoms with Crippen molar-refractivity contribution in [1.29, 1.82) is 0 Å². The Bertz CT molecular complexity index is 172. The quantitative estimate of drug-likeness (QED) is 0.290. The van der Waals surface area contributed by atoms with Crippen LogP contribution in [0.3, 0.4) is 0 Å². The second kappa shape index (κ2) is 14.4. The number of unbranched alkanes of at least 4 members (excludes halogenated alkanes) is 2. The average Bonchev–Trinajstić information content (AvgIpc) is 2.46. The van der Waals surface area contributed by atoms with Gasteiger partial charge in [-0.3, -0.25) is 0 Å². The lowest BCUT2D eigenvalue weighted by Crippen LogP contribution is -2.18. The van der Waals surface area contributed by atoms with E-state index in [9.17, 15) is 0 Å². The molecule has 0 heterocycles. The van der Waals surface area contributed by atoms with E-state index in [-0.39, 0.29) is 7.92 Å². The fourth-order valence-corrected chi connectivity index (χ4v) is 7.47. The first kappa shape index (κ1) is 20.4. The van der Waals surface area contributed by atoms with Crippen molar-refractivity contribution in [2.45, 2.75) is 117 Å². The van der Waals surface area contributed by atoms with E-state index in [1.165, 1.54) is 76.8 Å². The molecule has 0 saturated carbocycles. The summed E-state index contributed by atoms with van der Waals surface area (Å²) in [6, 6.07) is 0. The summed E-state index contributed by atoms with van der Waals surface area (Å²) in [7, 11) is 0.277. The van der Waals surface area contributed by atoms with Crippen LogP contribution in [0.1, 0.15) is 105 Å². The lowest BCUT2D eigenvalue weighted by molar-refractivity contribution is 0.595. The maximum absolute atomic E-state index is 2.40. The largest absolute Gasteiger partial charge is 0.100 e. The number of rotatable bonds is 14. The second-order valence-corrected chi connectivity index (χ2v) is 9.34. The van der Waals surface area contributed by atoms with Crippen LogP contribution in [0.15, 0.2) is 0 Å². The monoisotopic (exact) mass is 300 g/mol. The third kappa shape index (κ3) is 8.66. The number of hydrogen-bond donors (Lipinski definition) is 0. The Morgan fingerprint density at radius 1 is 0.550 bits per heavy atom. The summed E-state index contributed by atoms with van der Waals surface area (Å²) in [6.45, 7) is 11.9. The second-order valence-electron chi connectivity index (χ2n) is 6.41. The van der Waals surface area contributed by atoms with Crippen LogP contribution in [0.4, 0.5) is 0 Å². The molecule has 0 aromatic rings. The maximum atomic E-state index is 2.40. The summed E-state index contributed by atoms with van der Waals surface area (Å²) >= 11 is 0. The molecule has 0 aromatic carbocycles. The first-order valence-corrected chi connectivity index (χ1v) is 11.2. The standard InChI is InChI=1S/C19H41P/c1-6-11-15-18(13-8-3)20(17-10-5)19(14-9-4)16-12-7-2/h18-19H,6-17H2,1-5H3. The van der Waals surface area contributed by atoms with Gasteiger partial charge in [0.25, 0.3) is 0 Å². The zero-order valence-electron chi connectivity index (χ0n) is 15.1. The summed E-state index contributed by atoms with van der Waals surface area (Å²) in [5.74, 6) is 0. The Balaban J connectivity index is 4.76. The van der Waals surface area contributed by atoms with Crippen molar-refractivity contribution in [3.05, 3.63) is 0 Å². The molecular weight excluding hydrogens is 259 g/mol. The molecule has 20 heavy (non-hydrogen) atoms. The van der Waals surface area contributed by atoms with E-state index in [0.717, 1.165) is 11.3 Å². The van der Waals surface area contributed by atoms with Crippen molar-refractivity contribution in [3.8, 4) is 0 Å². The van der Waals surface area contributed by atoms with Crippen LogP contribution in [0.5, 0.6) is 0 Å². The van der Waals surface area contributed by atoms with Crippen molar-refractivity contribution in [1.82, 2.24) is 0 Å². The van der Waals surface area contributed by atoms with Gasteiger partial charge in [-0.25, -0.2) is 0 Å². The molecule has 0 bridgehead atoms. The van der Waals surface area contributed by atoms with Gasteiger partial charge < -0.3 is 0 Å². The van der Waals surface area contributed by atoms with Gasteiger partial charge in [0.15, 0.2) is 0 Å². The molecule has 0 aliphatic rings. The van der Waals surface area contributed by atoms with Gasteiger partial charge in [0.05, 0.1) is 0 Å². The van der Waals surface area contributed by atoms with Gasteiger partial charge in [0.2, 0.25) is 0 Å². The first-order chi connectivity index (χ1) is 9.74. The van der Waals surface area contributed by atoms with Crippen molar-refractivity contribution < 1.29 is 0 Å². The molecule has 0 aromatic heterocycles. The van der Waals surface area contributed by atoms with Crippen molar-refractivity contribution in [3.63, 3.8) is 0 Å². The van der Waals surface area contributed by atoms with Crippen LogP contribution in [0, 0.1) is 0 Å². The molecule has 0 nitrogen and oxygen atoms in total. The minimum absolute atomic E-state index is 0.277. The van der Waals surface area contributed by atoms with E-state index in [1.54, 1.807) is 0 Å². The molecule has 0 N–H and O–H groups in total. The highest BCUT2D eigenvalue weighted by molar-refractivity contribution is 7.59. The van der Waals surface area contributed by atoms with Crippen LogP contribution in [0.25, 0.3) is 0 Å². The summed E-state index contributed by atoms with van der Waals surface area (Å²) < 4.78 is 0.